The van der Waals surface area contributed by atoms with Crippen molar-refractivity contribution in [2.45, 2.75) is 26.3 Å². The predicted octanol–water partition coefficient (Wildman–Crippen LogP) is 0.549. The Morgan fingerprint density at radius 3 is 2.38 bits per heavy atom. The van der Waals surface area contributed by atoms with Crippen molar-refractivity contribution in [3.63, 3.8) is 0 Å². The van der Waals surface area contributed by atoms with Crippen molar-refractivity contribution in [3.8, 4) is 0 Å². The van der Waals surface area contributed by atoms with Crippen LogP contribution in [0.1, 0.15) is 20.3 Å². The molecule has 0 aliphatic carbocycles. The Morgan fingerprint density at radius 1 is 1.46 bits per heavy atom. The number of ether oxygens (including phenoxy) is 2. The first kappa shape index (κ1) is 12.4. The average molecular weight is 189 g/mol. The van der Waals surface area contributed by atoms with Crippen LogP contribution in [0.15, 0.2) is 0 Å². The van der Waals surface area contributed by atoms with E-state index in [2.05, 4.69) is 4.74 Å². The highest BCUT2D eigenvalue weighted by molar-refractivity contribution is 5.75. The Labute approximate surface area is 79.4 Å². The number of hydrogen-bond donors (Lipinski definition) is 1. The fraction of sp³-hybridized carbons (Fsp3) is 0.889. The minimum Gasteiger partial charge on any atom is -0.468 e. The lowest BCUT2D eigenvalue weighted by atomic mass is 9.87. The number of esters is 1. The third-order valence-corrected chi connectivity index (χ3v) is 1.81. The van der Waals surface area contributed by atoms with Crippen LogP contribution in [0.5, 0.6) is 0 Å². The van der Waals surface area contributed by atoms with Gasteiger partial charge in [-0.1, -0.05) is 13.8 Å². The van der Waals surface area contributed by atoms with E-state index in [0.29, 0.717) is 13.0 Å². The second-order valence-electron chi connectivity index (χ2n) is 3.93. The van der Waals surface area contributed by atoms with Crippen molar-refractivity contribution in [2.24, 2.45) is 11.1 Å². The maximum atomic E-state index is 11.0. The molecule has 0 aromatic carbocycles. The molecule has 0 amide bonds. The number of carbonyl (C=O) groups is 1. The molecule has 0 saturated heterocycles. The van der Waals surface area contributed by atoms with Gasteiger partial charge in [-0.2, -0.15) is 0 Å². The summed E-state index contributed by atoms with van der Waals surface area (Å²) in [6.45, 7) is 4.58. The maximum absolute atomic E-state index is 11.0. The number of methoxy groups -OCH3 is 2. The van der Waals surface area contributed by atoms with E-state index in [1.165, 1.54) is 7.11 Å². The van der Waals surface area contributed by atoms with Gasteiger partial charge in [0.15, 0.2) is 0 Å². The van der Waals surface area contributed by atoms with E-state index in [1.807, 2.05) is 13.8 Å². The van der Waals surface area contributed by atoms with Crippen LogP contribution in [0.3, 0.4) is 0 Å². The van der Waals surface area contributed by atoms with Gasteiger partial charge in [0.25, 0.3) is 0 Å². The molecule has 78 valence electrons. The molecule has 4 nitrogen and oxygen atoms in total. The average Bonchev–Trinajstić information content (AvgIpc) is 2.01. The largest absolute Gasteiger partial charge is 0.468 e. The van der Waals surface area contributed by atoms with Crippen molar-refractivity contribution in [1.29, 1.82) is 0 Å². The van der Waals surface area contributed by atoms with Crippen molar-refractivity contribution in [1.82, 2.24) is 0 Å². The van der Waals surface area contributed by atoms with E-state index in [9.17, 15) is 4.79 Å². The molecule has 0 aliphatic rings. The zero-order chi connectivity index (χ0) is 10.5. The van der Waals surface area contributed by atoms with E-state index in [0.717, 1.165) is 0 Å². The first-order valence-electron chi connectivity index (χ1n) is 4.25. The minimum absolute atomic E-state index is 0.0949. The molecule has 4 heteroatoms. The fourth-order valence-electron chi connectivity index (χ4n) is 1.28. The zero-order valence-corrected chi connectivity index (χ0v) is 8.79. The molecule has 0 bridgehead atoms. The SMILES string of the molecule is COCC(C)(C)CC(N)C(=O)OC. The lowest BCUT2D eigenvalue weighted by molar-refractivity contribution is -0.143. The Balaban J connectivity index is 4.02. The van der Waals surface area contributed by atoms with Crippen LogP contribution in [0.25, 0.3) is 0 Å². The summed E-state index contributed by atoms with van der Waals surface area (Å²) in [6.07, 6.45) is 0.563. The molecule has 13 heavy (non-hydrogen) atoms. The maximum Gasteiger partial charge on any atom is 0.322 e. The van der Waals surface area contributed by atoms with Gasteiger partial charge < -0.3 is 15.2 Å². The van der Waals surface area contributed by atoms with Crippen LogP contribution in [-0.4, -0.2) is 32.8 Å². The van der Waals surface area contributed by atoms with Crippen molar-refractivity contribution in [2.75, 3.05) is 20.8 Å². The molecule has 0 aliphatic heterocycles. The molecule has 0 radical (unpaired) electrons. The highest BCUT2D eigenvalue weighted by atomic mass is 16.5. The standard InChI is InChI=1S/C9H19NO3/c1-9(2,6-12-3)5-7(10)8(11)13-4/h7H,5-6,10H2,1-4H3. The summed E-state index contributed by atoms with van der Waals surface area (Å²) in [5, 5.41) is 0. The van der Waals surface area contributed by atoms with Gasteiger partial charge in [0, 0.05) is 7.11 Å². The van der Waals surface area contributed by atoms with Gasteiger partial charge >= 0.3 is 5.97 Å². The highest BCUT2D eigenvalue weighted by Gasteiger charge is 2.25. The second-order valence-corrected chi connectivity index (χ2v) is 3.93. The summed E-state index contributed by atoms with van der Waals surface area (Å²) >= 11 is 0. The van der Waals surface area contributed by atoms with E-state index in [-0.39, 0.29) is 11.4 Å². The summed E-state index contributed by atoms with van der Waals surface area (Å²) in [4.78, 5) is 11.0. The summed E-state index contributed by atoms with van der Waals surface area (Å²) in [5.74, 6) is -0.371. The van der Waals surface area contributed by atoms with Crippen LogP contribution in [0.4, 0.5) is 0 Å². The Kier molecular flexibility index (Phi) is 4.95. The van der Waals surface area contributed by atoms with Gasteiger partial charge in [0.2, 0.25) is 0 Å². The third kappa shape index (κ3) is 4.85. The first-order valence-corrected chi connectivity index (χ1v) is 4.25. The second kappa shape index (κ2) is 5.19. The Bertz CT molecular complexity index is 168. The van der Waals surface area contributed by atoms with Crippen LogP contribution in [-0.2, 0) is 14.3 Å². The summed E-state index contributed by atoms with van der Waals surface area (Å²) in [6, 6.07) is -0.560. The van der Waals surface area contributed by atoms with Crippen LogP contribution < -0.4 is 5.73 Å². The van der Waals surface area contributed by atoms with Gasteiger partial charge in [0.05, 0.1) is 13.7 Å². The first-order chi connectivity index (χ1) is 5.93. The summed E-state index contributed by atoms with van der Waals surface area (Å²) in [5.41, 5.74) is 5.52. The summed E-state index contributed by atoms with van der Waals surface area (Å²) in [7, 11) is 2.97. The molecular weight excluding hydrogens is 170 g/mol. The molecule has 0 heterocycles. The minimum atomic E-state index is -0.560. The quantitative estimate of drug-likeness (QED) is 0.641. The monoisotopic (exact) mass is 189 g/mol. The molecule has 0 aromatic heterocycles. The van der Waals surface area contributed by atoms with E-state index in [4.69, 9.17) is 10.5 Å². The Morgan fingerprint density at radius 2 is 2.00 bits per heavy atom. The van der Waals surface area contributed by atoms with E-state index in [1.54, 1.807) is 7.11 Å². The zero-order valence-electron chi connectivity index (χ0n) is 8.79. The van der Waals surface area contributed by atoms with Gasteiger partial charge in [-0.15, -0.1) is 0 Å². The smallest absolute Gasteiger partial charge is 0.322 e. The molecule has 1 atom stereocenters. The summed E-state index contributed by atoms with van der Waals surface area (Å²) < 4.78 is 9.54. The topological polar surface area (TPSA) is 61.5 Å². The van der Waals surface area contributed by atoms with E-state index >= 15 is 0 Å². The Hall–Kier alpha value is -0.610. The number of rotatable bonds is 5. The number of carbonyl (C=O) groups excluding carboxylic acids is 1. The van der Waals surface area contributed by atoms with E-state index < -0.39 is 6.04 Å². The molecule has 2 N–H and O–H groups in total. The third-order valence-electron chi connectivity index (χ3n) is 1.81. The predicted molar refractivity (Wildman–Crippen MR) is 50.3 cm³/mol. The molecule has 0 fully saturated rings. The lowest BCUT2D eigenvalue weighted by Crippen LogP contribution is -2.37. The number of nitrogens with two attached hydrogens (primary N) is 1. The molecule has 1 unspecified atom stereocenters. The van der Waals surface area contributed by atoms with Crippen molar-refractivity contribution >= 4 is 5.97 Å². The highest BCUT2D eigenvalue weighted by Crippen LogP contribution is 2.21. The van der Waals surface area contributed by atoms with Crippen LogP contribution in [0.2, 0.25) is 0 Å². The van der Waals surface area contributed by atoms with Crippen LogP contribution in [0, 0.1) is 5.41 Å². The van der Waals surface area contributed by atoms with Gasteiger partial charge in [-0.3, -0.25) is 4.79 Å². The van der Waals surface area contributed by atoms with Crippen molar-refractivity contribution in [3.05, 3.63) is 0 Å². The molecule has 0 spiro atoms. The lowest BCUT2D eigenvalue weighted by Gasteiger charge is -2.25. The van der Waals surface area contributed by atoms with Gasteiger partial charge in [0.1, 0.15) is 6.04 Å². The molecule has 0 aromatic rings. The molecule has 0 saturated carbocycles. The fourth-order valence-corrected chi connectivity index (χ4v) is 1.28. The van der Waals surface area contributed by atoms with Crippen molar-refractivity contribution < 1.29 is 14.3 Å². The number of hydrogen-bond acceptors (Lipinski definition) is 4. The van der Waals surface area contributed by atoms with Crippen LogP contribution >= 0.6 is 0 Å². The molecule has 0 rings (SSSR count). The normalized spacial score (nSPS) is 13.9. The van der Waals surface area contributed by atoms with Gasteiger partial charge in [-0.25, -0.2) is 0 Å². The molecular formula is C9H19NO3. The van der Waals surface area contributed by atoms with Gasteiger partial charge in [-0.05, 0) is 11.8 Å².